The minimum Gasteiger partial charge on any atom is -0.383 e. The number of aryl methyl sites for hydroxylation is 1. The molecule has 0 amide bonds. The zero-order chi connectivity index (χ0) is 11.4. The molecule has 0 spiro atoms. The summed E-state index contributed by atoms with van der Waals surface area (Å²) in [5.41, 5.74) is 0.760. The fourth-order valence-corrected chi connectivity index (χ4v) is 1.51. The standard InChI is InChI=1S/C10H15N5O/c1-3-8-13-14-10-9(12-5-7-16-2)11-4-6-15(8)10/h4,6H,3,5,7H2,1-2H3,(H,11,12). The van der Waals surface area contributed by atoms with Crippen LogP contribution < -0.4 is 5.32 Å². The molecule has 0 aliphatic rings. The summed E-state index contributed by atoms with van der Waals surface area (Å²) in [5.74, 6) is 1.68. The van der Waals surface area contributed by atoms with Crippen molar-refractivity contribution in [2.75, 3.05) is 25.6 Å². The van der Waals surface area contributed by atoms with Gasteiger partial charge in [0.05, 0.1) is 6.61 Å². The first-order valence-electron chi connectivity index (χ1n) is 5.28. The van der Waals surface area contributed by atoms with Crippen LogP contribution in [0.25, 0.3) is 5.65 Å². The Bertz CT molecular complexity index is 467. The van der Waals surface area contributed by atoms with E-state index in [1.807, 2.05) is 10.6 Å². The number of nitrogens with zero attached hydrogens (tertiary/aromatic N) is 4. The van der Waals surface area contributed by atoms with E-state index >= 15 is 0 Å². The Hall–Kier alpha value is -1.69. The highest BCUT2D eigenvalue weighted by Gasteiger charge is 2.07. The van der Waals surface area contributed by atoms with Crippen LogP contribution >= 0.6 is 0 Å². The van der Waals surface area contributed by atoms with Gasteiger partial charge in [0.1, 0.15) is 5.82 Å². The van der Waals surface area contributed by atoms with E-state index in [1.54, 1.807) is 13.3 Å². The molecule has 2 aromatic heterocycles. The predicted molar refractivity (Wildman–Crippen MR) is 60.5 cm³/mol. The number of methoxy groups -OCH3 is 1. The van der Waals surface area contributed by atoms with Crippen molar-refractivity contribution in [2.24, 2.45) is 0 Å². The van der Waals surface area contributed by atoms with Gasteiger partial charge in [-0.15, -0.1) is 10.2 Å². The molecule has 0 saturated heterocycles. The number of anilines is 1. The number of rotatable bonds is 5. The van der Waals surface area contributed by atoms with Gasteiger partial charge in [-0.05, 0) is 0 Å². The Morgan fingerprint density at radius 2 is 2.31 bits per heavy atom. The van der Waals surface area contributed by atoms with E-state index in [1.165, 1.54) is 0 Å². The summed E-state index contributed by atoms with van der Waals surface area (Å²) in [6.07, 6.45) is 4.46. The summed E-state index contributed by atoms with van der Waals surface area (Å²) in [6, 6.07) is 0. The van der Waals surface area contributed by atoms with Crippen molar-refractivity contribution in [3.63, 3.8) is 0 Å². The predicted octanol–water partition coefficient (Wildman–Crippen LogP) is 0.745. The summed E-state index contributed by atoms with van der Waals surface area (Å²) in [7, 11) is 1.67. The second kappa shape index (κ2) is 4.89. The number of hydrogen-bond donors (Lipinski definition) is 1. The minimum absolute atomic E-state index is 0.636. The summed E-state index contributed by atoms with van der Waals surface area (Å²) in [5, 5.41) is 11.4. The Morgan fingerprint density at radius 3 is 3.06 bits per heavy atom. The molecule has 6 heteroatoms. The van der Waals surface area contributed by atoms with Crippen LogP contribution in [0.4, 0.5) is 5.82 Å². The number of fused-ring (bicyclic) bond motifs is 1. The molecule has 2 rings (SSSR count). The molecule has 16 heavy (non-hydrogen) atoms. The molecular weight excluding hydrogens is 206 g/mol. The van der Waals surface area contributed by atoms with Gasteiger partial charge in [-0.3, -0.25) is 4.40 Å². The Labute approximate surface area is 93.7 Å². The van der Waals surface area contributed by atoms with Gasteiger partial charge in [-0.2, -0.15) is 0 Å². The highest BCUT2D eigenvalue weighted by Crippen LogP contribution is 2.12. The minimum atomic E-state index is 0.636. The monoisotopic (exact) mass is 221 g/mol. The maximum absolute atomic E-state index is 4.97. The van der Waals surface area contributed by atoms with Crippen LogP contribution in [0.1, 0.15) is 12.7 Å². The third kappa shape index (κ3) is 1.96. The Balaban J connectivity index is 2.28. The van der Waals surface area contributed by atoms with Crippen LogP contribution in [0.5, 0.6) is 0 Å². The zero-order valence-corrected chi connectivity index (χ0v) is 9.47. The van der Waals surface area contributed by atoms with Crippen molar-refractivity contribution in [1.29, 1.82) is 0 Å². The zero-order valence-electron chi connectivity index (χ0n) is 9.47. The molecule has 0 atom stereocenters. The van der Waals surface area contributed by atoms with Crippen molar-refractivity contribution in [3.8, 4) is 0 Å². The van der Waals surface area contributed by atoms with Crippen LogP contribution in [0.3, 0.4) is 0 Å². The number of aromatic nitrogens is 4. The lowest BCUT2D eigenvalue weighted by molar-refractivity contribution is 0.210. The van der Waals surface area contributed by atoms with Gasteiger partial charge in [0, 0.05) is 32.5 Å². The highest BCUT2D eigenvalue weighted by atomic mass is 16.5. The van der Waals surface area contributed by atoms with Crippen molar-refractivity contribution in [1.82, 2.24) is 19.6 Å². The van der Waals surface area contributed by atoms with Crippen LogP contribution in [0, 0.1) is 0 Å². The summed E-state index contributed by atoms with van der Waals surface area (Å²) in [6.45, 7) is 3.39. The third-order valence-corrected chi connectivity index (χ3v) is 2.31. The maximum Gasteiger partial charge on any atom is 0.203 e. The molecule has 0 unspecified atom stereocenters. The lowest BCUT2D eigenvalue weighted by atomic mass is 10.4. The van der Waals surface area contributed by atoms with E-state index in [2.05, 4.69) is 27.4 Å². The quantitative estimate of drug-likeness (QED) is 0.755. The average molecular weight is 221 g/mol. The van der Waals surface area contributed by atoms with E-state index in [4.69, 9.17) is 4.74 Å². The molecule has 6 nitrogen and oxygen atoms in total. The molecule has 0 aliphatic heterocycles. The molecule has 0 fully saturated rings. The Kier molecular flexibility index (Phi) is 3.31. The molecule has 1 N–H and O–H groups in total. The molecule has 2 heterocycles. The van der Waals surface area contributed by atoms with Crippen LogP contribution in [-0.2, 0) is 11.2 Å². The first kappa shape index (κ1) is 10.8. The SMILES string of the molecule is CCc1nnc2c(NCCOC)nccn12. The third-order valence-electron chi connectivity index (χ3n) is 2.31. The summed E-state index contributed by atoms with van der Waals surface area (Å²) in [4.78, 5) is 4.24. The van der Waals surface area contributed by atoms with Crippen LogP contribution in [0.15, 0.2) is 12.4 Å². The van der Waals surface area contributed by atoms with Crippen molar-refractivity contribution in [3.05, 3.63) is 18.2 Å². The fraction of sp³-hybridized carbons (Fsp3) is 0.500. The number of nitrogens with one attached hydrogen (secondary N) is 1. The molecule has 0 bridgehead atoms. The molecular formula is C10H15N5O. The average Bonchev–Trinajstić information content (AvgIpc) is 2.73. The Morgan fingerprint density at radius 1 is 1.44 bits per heavy atom. The van der Waals surface area contributed by atoms with E-state index in [9.17, 15) is 0 Å². The van der Waals surface area contributed by atoms with Crippen molar-refractivity contribution < 1.29 is 4.74 Å². The topological polar surface area (TPSA) is 64.3 Å². The second-order valence-electron chi connectivity index (χ2n) is 3.36. The summed E-state index contributed by atoms with van der Waals surface area (Å²) >= 11 is 0. The van der Waals surface area contributed by atoms with Gasteiger partial charge in [0.25, 0.3) is 0 Å². The first-order valence-corrected chi connectivity index (χ1v) is 5.28. The largest absolute Gasteiger partial charge is 0.383 e. The van der Waals surface area contributed by atoms with E-state index < -0.39 is 0 Å². The van der Waals surface area contributed by atoms with Gasteiger partial charge >= 0.3 is 0 Å². The van der Waals surface area contributed by atoms with Gasteiger partial charge in [0.2, 0.25) is 5.65 Å². The second-order valence-corrected chi connectivity index (χ2v) is 3.36. The van der Waals surface area contributed by atoms with Crippen LogP contribution in [0.2, 0.25) is 0 Å². The smallest absolute Gasteiger partial charge is 0.203 e. The number of ether oxygens (including phenoxy) is 1. The lowest BCUT2D eigenvalue weighted by Gasteiger charge is -2.05. The first-order chi connectivity index (χ1) is 7.86. The van der Waals surface area contributed by atoms with E-state index in [0.717, 1.165) is 23.7 Å². The van der Waals surface area contributed by atoms with E-state index in [0.29, 0.717) is 13.2 Å². The van der Waals surface area contributed by atoms with Gasteiger partial charge in [-0.25, -0.2) is 4.98 Å². The molecule has 0 radical (unpaired) electrons. The molecule has 0 aliphatic carbocycles. The molecule has 86 valence electrons. The molecule has 0 aromatic carbocycles. The van der Waals surface area contributed by atoms with Crippen molar-refractivity contribution >= 4 is 11.5 Å². The highest BCUT2D eigenvalue weighted by molar-refractivity contribution is 5.61. The van der Waals surface area contributed by atoms with Crippen molar-refractivity contribution in [2.45, 2.75) is 13.3 Å². The van der Waals surface area contributed by atoms with Gasteiger partial charge in [-0.1, -0.05) is 6.92 Å². The normalized spacial score (nSPS) is 10.9. The lowest BCUT2D eigenvalue weighted by Crippen LogP contribution is -2.10. The molecule has 2 aromatic rings. The number of hydrogen-bond acceptors (Lipinski definition) is 5. The summed E-state index contributed by atoms with van der Waals surface area (Å²) < 4.78 is 6.92. The van der Waals surface area contributed by atoms with Crippen LogP contribution in [-0.4, -0.2) is 39.8 Å². The van der Waals surface area contributed by atoms with Gasteiger partial charge in [0.15, 0.2) is 5.82 Å². The maximum atomic E-state index is 4.97. The molecule has 0 saturated carbocycles. The van der Waals surface area contributed by atoms with Gasteiger partial charge < -0.3 is 10.1 Å². The fourth-order valence-electron chi connectivity index (χ4n) is 1.51. The van der Waals surface area contributed by atoms with E-state index in [-0.39, 0.29) is 0 Å².